The van der Waals surface area contributed by atoms with Crippen LogP contribution in [0.4, 0.5) is 0 Å². The molecule has 28 heavy (non-hydrogen) atoms. The Bertz CT molecular complexity index is 1110. The predicted octanol–water partition coefficient (Wildman–Crippen LogP) is 2.59. The highest BCUT2D eigenvalue weighted by Gasteiger charge is 2.26. The molecule has 0 atom stereocenters. The number of H-pyrrole nitrogens is 1. The summed E-state index contributed by atoms with van der Waals surface area (Å²) in [5.74, 6) is -0.273. The molecule has 2 N–H and O–H groups in total. The zero-order valence-corrected chi connectivity index (χ0v) is 16.4. The molecule has 0 radical (unpaired) electrons. The van der Waals surface area contributed by atoms with Gasteiger partial charge in [-0.1, -0.05) is 23.8 Å². The first kappa shape index (κ1) is 18.6. The van der Waals surface area contributed by atoms with Gasteiger partial charge in [-0.25, -0.2) is 8.42 Å². The molecule has 0 spiro atoms. The number of nitrogens with zero attached hydrogens (tertiary/aromatic N) is 2. The molecule has 1 fully saturated rings. The van der Waals surface area contributed by atoms with Gasteiger partial charge in [0.05, 0.1) is 10.4 Å². The number of fused-ring (bicyclic) bond motifs is 1. The van der Waals surface area contributed by atoms with Gasteiger partial charge in [0, 0.05) is 25.0 Å². The van der Waals surface area contributed by atoms with Gasteiger partial charge in [-0.15, -0.1) is 0 Å². The van der Waals surface area contributed by atoms with Crippen LogP contribution in [0.3, 0.4) is 0 Å². The lowest BCUT2D eigenvalue weighted by atomic mass is 10.1. The van der Waals surface area contributed by atoms with Crippen LogP contribution in [-0.4, -0.2) is 41.9 Å². The number of amides is 1. The SMILES string of the molecule is Cc1ccc2[nH]nc(C(=O)NCc3ccc(S(=O)(=O)N4CCCC4)cc3)c2c1. The highest BCUT2D eigenvalue weighted by Crippen LogP contribution is 2.21. The van der Waals surface area contributed by atoms with E-state index in [2.05, 4.69) is 15.5 Å². The first-order chi connectivity index (χ1) is 13.4. The van der Waals surface area contributed by atoms with Crippen LogP contribution in [0.2, 0.25) is 0 Å². The van der Waals surface area contributed by atoms with E-state index in [-0.39, 0.29) is 5.91 Å². The molecule has 2 heterocycles. The van der Waals surface area contributed by atoms with Crippen molar-refractivity contribution in [2.24, 2.45) is 0 Å². The van der Waals surface area contributed by atoms with Crippen LogP contribution < -0.4 is 5.32 Å². The van der Waals surface area contributed by atoms with Crippen molar-refractivity contribution in [1.29, 1.82) is 0 Å². The van der Waals surface area contributed by atoms with Crippen LogP contribution in [0.5, 0.6) is 0 Å². The molecule has 4 rings (SSSR count). The average Bonchev–Trinajstić information content (AvgIpc) is 3.36. The molecule has 0 bridgehead atoms. The number of hydrogen-bond donors (Lipinski definition) is 2. The van der Waals surface area contributed by atoms with Gasteiger partial charge in [0.25, 0.3) is 5.91 Å². The number of aryl methyl sites for hydroxylation is 1. The van der Waals surface area contributed by atoms with Gasteiger partial charge in [0.2, 0.25) is 10.0 Å². The summed E-state index contributed by atoms with van der Waals surface area (Å²) in [7, 11) is -3.42. The van der Waals surface area contributed by atoms with Crippen LogP contribution in [0.25, 0.3) is 10.9 Å². The first-order valence-electron chi connectivity index (χ1n) is 9.27. The van der Waals surface area contributed by atoms with Crippen molar-refractivity contribution in [1.82, 2.24) is 19.8 Å². The van der Waals surface area contributed by atoms with E-state index in [0.29, 0.717) is 30.2 Å². The predicted molar refractivity (Wildman–Crippen MR) is 106 cm³/mol. The molecule has 146 valence electrons. The minimum atomic E-state index is -3.42. The molecule has 7 nitrogen and oxygen atoms in total. The topological polar surface area (TPSA) is 95.2 Å². The van der Waals surface area contributed by atoms with E-state index in [1.807, 2.05) is 25.1 Å². The third-order valence-electron chi connectivity index (χ3n) is 5.01. The second-order valence-corrected chi connectivity index (χ2v) is 9.00. The monoisotopic (exact) mass is 398 g/mol. The Morgan fingerprint density at radius 3 is 2.57 bits per heavy atom. The Labute approximate surface area is 163 Å². The van der Waals surface area contributed by atoms with E-state index >= 15 is 0 Å². The highest BCUT2D eigenvalue weighted by atomic mass is 32.2. The average molecular weight is 398 g/mol. The number of aromatic amines is 1. The number of hydrogen-bond acceptors (Lipinski definition) is 4. The Kier molecular flexibility index (Phi) is 4.91. The first-order valence-corrected chi connectivity index (χ1v) is 10.7. The lowest BCUT2D eigenvalue weighted by Gasteiger charge is -2.15. The Morgan fingerprint density at radius 1 is 1.14 bits per heavy atom. The van der Waals surface area contributed by atoms with Crippen molar-refractivity contribution in [3.05, 3.63) is 59.3 Å². The van der Waals surface area contributed by atoms with E-state index in [9.17, 15) is 13.2 Å². The van der Waals surface area contributed by atoms with Gasteiger partial charge >= 0.3 is 0 Å². The molecule has 2 aromatic carbocycles. The lowest BCUT2D eigenvalue weighted by Crippen LogP contribution is -2.28. The summed E-state index contributed by atoms with van der Waals surface area (Å²) in [6, 6.07) is 12.4. The molecule has 1 aliphatic heterocycles. The van der Waals surface area contributed by atoms with Crippen LogP contribution in [0, 0.1) is 6.92 Å². The standard InChI is InChI=1S/C20H22N4O3S/c1-14-4-9-18-17(12-14)19(23-22-18)20(25)21-13-15-5-7-16(8-6-15)28(26,27)24-10-2-3-11-24/h4-9,12H,2-3,10-11,13H2,1H3,(H,21,25)(H,22,23). The third-order valence-corrected chi connectivity index (χ3v) is 6.93. The maximum absolute atomic E-state index is 12.6. The van der Waals surface area contributed by atoms with Gasteiger partial charge < -0.3 is 5.32 Å². The maximum Gasteiger partial charge on any atom is 0.272 e. The van der Waals surface area contributed by atoms with Crippen LogP contribution in [0.15, 0.2) is 47.4 Å². The molecule has 1 aromatic heterocycles. The fourth-order valence-electron chi connectivity index (χ4n) is 3.42. The zero-order valence-electron chi connectivity index (χ0n) is 15.6. The molecule has 1 aliphatic rings. The largest absolute Gasteiger partial charge is 0.347 e. The number of carbonyl (C=O) groups excluding carboxylic acids is 1. The number of benzene rings is 2. The number of nitrogens with one attached hydrogen (secondary N) is 2. The summed E-state index contributed by atoms with van der Waals surface area (Å²) in [6.07, 6.45) is 1.81. The van der Waals surface area contributed by atoms with Gasteiger partial charge in [0.15, 0.2) is 5.69 Å². The Morgan fingerprint density at radius 2 is 1.86 bits per heavy atom. The van der Waals surface area contributed by atoms with Gasteiger partial charge in [0.1, 0.15) is 0 Å². The molecule has 3 aromatic rings. The minimum absolute atomic E-state index is 0.273. The van der Waals surface area contributed by atoms with Crippen molar-refractivity contribution < 1.29 is 13.2 Å². The summed E-state index contributed by atoms with van der Waals surface area (Å²) in [6.45, 7) is 3.42. The third kappa shape index (κ3) is 3.53. The van der Waals surface area contributed by atoms with Crippen LogP contribution in [-0.2, 0) is 16.6 Å². The molecular formula is C20H22N4O3S. The van der Waals surface area contributed by atoms with Gasteiger partial charge in [-0.3, -0.25) is 9.89 Å². The van der Waals surface area contributed by atoms with Gasteiger partial charge in [-0.05, 0) is 49.6 Å². The van der Waals surface area contributed by atoms with Crippen molar-refractivity contribution >= 4 is 26.8 Å². The maximum atomic E-state index is 12.6. The second kappa shape index (κ2) is 7.37. The summed E-state index contributed by atoms with van der Waals surface area (Å²) in [5.41, 5.74) is 3.04. The molecule has 8 heteroatoms. The van der Waals surface area contributed by atoms with Gasteiger partial charge in [-0.2, -0.15) is 9.40 Å². The van der Waals surface area contributed by atoms with E-state index in [4.69, 9.17) is 0 Å². The molecule has 0 saturated carbocycles. The van der Waals surface area contributed by atoms with Crippen molar-refractivity contribution in [2.75, 3.05) is 13.1 Å². The molecule has 0 unspecified atom stereocenters. The Balaban J connectivity index is 1.45. The summed E-state index contributed by atoms with van der Waals surface area (Å²) in [4.78, 5) is 12.8. The minimum Gasteiger partial charge on any atom is -0.347 e. The van der Waals surface area contributed by atoms with E-state index < -0.39 is 10.0 Å². The number of sulfonamides is 1. The quantitative estimate of drug-likeness (QED) is 0.691. The molecule has 1 amide bonds. The highest BCUT2D eigenvalue weighted by molar-refractivity contribution is 7.89. The summed E-state index contributed by atoms with van der Waals surface area (Å²) >= 11 is 0. The summed E-state index contributed by atoms with van der Waals surface area (Å²) in [5, 5.41) is 10.6. The summed E-state index contributed by atoms with van der Waals surface area (Å²) < 4.78 is 26.6. The van der Waals surface area contributed by atoms with Crippen LogP contribution >= 0.6 is 0 Å². The normalized spacial score (nSPS) is 15.2. The number of rotatable bonds is 5. The number of aromatic nitrogens is 2. The van der Waals surface area contributed by atoms with Crippen molar-refractivity contribution in [3.8, 4) is 0 Å². The van der Waals surface area contributed by atoms with E-state index in [1.54, 1.807) is 24.3 Å². The Hall–Kier alpha value is -2.71. The second-order valence-electron chi connectivity index (χ2n) is 7.06. The van der Waals surface area contributed by atoms with Crippen molar-refractivity contribution in [3.63, 3.8) is 0 Å². The fraction of sp³-hybridized carbons (Fsp3) is 0.300. The lowest BCUT2D eigenvalue weighted by molar-refractivity contribution is 0.0947. The van der Waals surface area contributed by atoms with E-state index in [0.717, 1.165) is 34.9 Å². The smallest absolute Gasteiger partial charge is 0.272 e. The molecular weight excluding hydrogens is 376 g/mol. The van der Waals surface area contributed by atoms with Crippen molar-refractivity contribution in [2.45, 2.75) is 31.2 Å². The zero-order chi connectivity index (χ0) is 19.7. The fourth-order valence-corrected chi connectivity index (χ4v) is 4.94. The molecule has 1 saturated heterocycles. The van der Waals surface area contributed by atoms with E-state index in [1.165, 1.54) is 4.31 Å². The molecule has 0 aliphatic carbocycles. The number of carbonyl (C=O) groups is 1. The van der Waals surface area contributed by atoms with Crippen LogP contribution in [0.1, 0.15) is 34.5 Å².